The second-order valence-electron chi connectivity index (χ2n) is 3.35. The van der Waals surface area contributed by atoms with Crippen molar-refractivity contribution in [1.82, 2.24) is 0 Å². The van der Waals surface area contributed by atoms with Gasteiger partial charge in [0.1, 0.15) is 0 Å². The number of hydrogen-bond donors (Lipinski definition) is 0. The zero-order valence-corrected chi connectivity index (χ0v) is 6.64. The lowest BCUT2D eigenvalue weighted by molar-refractivity contribution is -0.111. The smallest absolute Gasteiger partial charge is 0.180 e. The first-order valence-electron chi connectivity index (χ1n) is 3.44. The molecule has 54 valence electrons. The lowest BCUT2D eigenvalue weighted by Crippen LogP contribution is -2.12. The normalized spacial score (nSPS) is 22.7. The average Bonchev–Trinajstić information content (AvgIpc) is 1.79. The van der Waals surface area contributed by atoms with Crippen LogP contribution in [0.1, 0.15) is 20.8 Å². The van der Waals surface area contributed by atoms with Crippen LogP contribution < -0.4 is 0 Å². The first-order chi connectivity index (χ1) is 4.51. The number of carbonyl (C=O) groups excluding carboxylic acids is 1. The Labute approximate surface area is 61.4 Å². The molecule has 0 bridgehead atoms. The molecule has 1 aliphatic carbocycles. The summed E-state index contributed by atoms with van der Waals surface area (Å²) in [5.74, 6) is 0.138. The summed E-state index contributed by atoms with van der Waals surface area (Å²) in [6.07, 6.45) is 5.58. The van der Waals surface area contributed by atoms with Crippen LogP contribution in [0.15, 0.2) is 23.8 Å². The first kappa shape index (κ1) is 7.26. The molecular formula is C9H12O. The van der Waals surface area contributed by atoms with Crippen LogP contribution in [-0.4, -0.2) is 5.78 Å². The van der Waals surface area contributed by atoms with E-state index in [9.17, 15) is 4.79 Å². The van der Waals surface area contributed by atoms with Crippen LogP contribution in [0.25, 0.3) is 0 Å². The topological polar surface area (TPSA) is 17.1 Å². The summed E-state index contributed by atoms with van der Waals surface area (Å²) in [5.41, 5.74) is 0.922. The molecule has 1 rings (SSSR count). The SMILES string of the molecule is CC1=CC(C)(C)C=CC1=O. The molecule has 10 heavy (non-hydrogen) atoms. The highest BCUT2D eigenvalue weighted by Crippen LogP contribution is 2.24. The van der Waals surface area contributed by atoms with Crippen LogP contribution in [0.5, 0.6) is 0 Å². The summed E-state index contributed by atoms with van der Waals surface area (Å²) in [5, 5.41) is 0. The molecule has 0 unspecified atom stereocenters. The van der Waals surface area contributed by atoms with E-state index in [2.05, 4.69) is 13.8 Å². The molecule has 1 aliphatic rings. The van der Waals surface area contributed by atoms with Gasteiger partial charge < -0.3 is 0 Å². The molecule has 1 heteroatoms. The van der Waals surface area contributed by atoms with E-state index in [-0.39, 0.29) is 11.2 Å². The maximum Gasteiger partial charge on any atom is 0.180 e. The average molecular weight is 136 g/mol. The summed E-state index contributed by atoms with van der Waals surface area (Å²) in [4.78, 5) is 10.9. The van der Waals surface area contributed by atoms with Gasteiger partial charge in [-0.25, -0.2) is 0 Å². The van der Waals surface area contributed by atoms with Crippen molar-refractivity contribution in [3.05, 3.63) is 23.8 Å². The maximum atomic E-state index is 10.9. The molecule has 0 saturated carbocycles. The minimum Gasteiger partial charge on any atom is -0.290 e. The Balaban J connectivity index is 2.95. The fourth-order valence-corrected chi connectivity index (χ4v) is 1.10. The molecule has 0 aromatic rings. The Morgan fingerprint density at radius 1 is 1.40 bits per heavy atom. The van der Waals surface area contributed by atoms with Gasteiger partial charge in [0.25, 0.3) is 0 Å². The molecule has 0 spiro atoms. The summed E-state index contributed by atoms with van der Waals surface area (Å²) < 4.78 is 0. The minimum absolute atomic E-state index is 0.0675. The molecular weight excluding hydrogens is 124 g/mol. The second kappa shape index (κ2) is 2.08. The maximum absolute atomic E-state index is 10.9. The Morgan fingerprint density at radius 2 is 2.00 bits per heavy atom. The highest BCUT2D eigenvalue weighted by molar-refractivity contribution is 6.04. The van der Waals surface area contributed by atoms with Gasteiger partial charge in [0, 0.05) is 5.41 Å². The third-order valence-electron chi connectivity index (χ3n) is 1.64. The summed E-state index contributed by atoms with van der Waals surface area (Å²) in [7, 11) is 0. The van der Waals surface area contributed by atoms with E-state index >= 15 is 0 Å². The molecule has 0 aliphatic heterocycles. The van der Waals surface area contributed by atoms with Crippen molar-refractivity contribution in [1.29, 1.82) is 0 Å². The van der Waals surface area contributed by atoms with Gasteiger partial charge in [-0.2, -0.15) is 0 Å². The van der Waals surface area contributed by atoms with E-state index in [4.69, 9.17) is 0 Å². The number of hydrogen-bond acceptors (Lipinski definition) is 1. The fraction of sp³-hybridized carbons (Fsp3) is 0.444. The third-order valence-corrected chi connectivity index (χ3v) is 1.64. The van der Waals surface area contributed by atoms with Crippen molar-refractivity contribution < 1.29 is 4.79 Å². The van der Waals surface area contributed by atoms with Crippen molar-refractivity contribution in [2.24, 2.45) is 5.41 Å². The number of carbonyl (C=O) groups is 1. The van der Waals surface area contributed by atoms with Gasteiger partial charge in [-0.3, -0.25) is 4.79 Å². The summed E-state index contributed by atoms with van der Waals surface area (Å²) >= 11 is 0. The molecule has 1 nitrogen and oxygen atoms in total. The van der Waals surface area contributed by atoms with Crippen molar-refractivity contribution in [3.63, 3.8) is 0 Å². The third kappa shape index (κ3) is 1.35. The lowest BCUT2D eigenvalue weighted by Gasteiger charge is -2.19. The van der Waals surface area contributed by atoms with Crippen molar-refractivity contribution in [2.75, 3.05) is 0 Å². The number of ketones is 1. The van der Waals surface area contributed by atoms with Crippen LogP contribution in [-0.2, 0) is 4.79 Å². The van der Waals surface area contributed by atoms with Crippen molar-refractivity contribution in [3.8, 4) is 0 Å². The monoisotopic (exact) mass is 136 g/mol. The van der Waals surface area contributed by atoms with Crippen LogP contribution in [0.4, 0.5) is 0 Å². The van der Waals surface area contributed by atoms with Gasteiger partial charge >= 0.3 is 0 Å². The molecule has 0 amide bonds. The van der Waals surface area contributed by atoms with E-state index in [1.165, 1.54) is 0 Å². The Kier molecular flexibility index (Phi) is 1.51. The molecule has 0 saturated heterocycles. The van der Waals surface area contributed by atoms with Crippen molar-refractivity contribution >= 4 is 5.78 Å². The molecule has 0 N–H and O–H groups in total. The van der Waals surface area contributed by atoms with Crippen LogP contribution in [0.3, 0.4) is 0 Å². The fourth-order valence-electron chi connectivity index (χ4n) is 1.10. The van der Waals surface area contributed by atoms with Crippen LogP contribution in [0.2, 0.25) is 0 Å². The molecule has 0 atom stereocenters. The van der Waals surface area contributed by atoms with Gasteiger partial charge in [-0.1, -0.05) is 26.0 Å². The van der Waals surface area contributed by atoms with E-state index in [0.717, 1.165) is 5.57 Å². The Bertz CT molecular complexity index is 219. The minimum atomic E-state index is 0.0675. The molecule has 0 radical (unpaired) electrons. The van der Waals surface area contributed by atoms with Crippen LogP contribution in [0, 0.1) is 5.41 Å². The highest BCUT2D eigenvalue weighted by Gasteiger charge is 2.17. The second-order valence-corrected chi connectivity index (χ2v) is 3.35. The Hall–Kier alpha value is -0.850. The van der Waals surface area contributed by atoms with Gasteiger partial charge in [-0.05, 0) is 18.6 Å². The number of rotatable bonds is 0. The van der Waals surface area contributed by atoms with Crippen molar-refractivity contribution in [2.45, 2.75) is 20.8 Å². The predicted molar refractivity (Wildman–Crippen MR) is 41.7 cm³/mol. The van der Waals surface area contributed by atoms with E-state index in [1.807, 2.05) is 19.1 Å². The van der Waals surface area contributed by atoms with Gasteiger partial charge in [0.15, 0.2) is 5.78 Å². The predicted octanol–water partition coefficient (Wildman–Crippen LogP) is 2.10. The molecule has 0 aromatic carbocycles. The van der Waals surface area contributed by atoms with E-state index < -0.39 is 0 Å². The zero-order chi connectivity index (χ0) is 7.78. The zero-order valence-electron chi connectivity index (χ0n) is 6.64. The largest absolute Gasteiger partial charge is 0.290 e. The lowest BCUT2D eigenvalue weighted by atomic mass is 9.85. The van der Waals surface area contributed by atoms with Gasteiger partial charge in [-0.15, -0.1) is 0 Å². The van der Waals surface area contributed by atoms with E-state index in [1.54, 1.807) is 6.08 Å². The Morgan fingerprint density at radius 3 is 2.40 bits per heavy atom. The molecule has 0 heterocycles. The quantitative estimate of drug-likeness (QED) is 0.498. The van der Waals surface area contributed by atoms with Crippen LogP contribution >= 0.6 is 0 Å². The molecule has 0 fully saturated rings. The van der Waals surface area contributed by atoms with Gasteiger partial charge in [0.2, 0.25) is 0 Å². The summed E-state index contributed by atoms with van der Waals surface area (Å²) in [6, 6.07) is 0. The first-order valence-corrected chi connectivity index (χ1v) is 3.44. The number of allylic oxidation sites excluding steroid dienone is 4. The molecule has 0 aromatic heterocycles. The highest BCUT2D eigenvalue weighted by atomic mass is 16.1. The van der Waals surface area contributed by atoms with E-state index in [0.29, 0.717) is 0 Å². The summed E-state index contributed by atoms with van der Waals surface area (Å²) in [6.45, 7) is 6.02. The standard InChI is InChI=1S/C9H12O/c1-7-6-9(2,3)5-4-8(7)10/h4-6H,1-3H3. The van der Waals surface area contributed by atoms with Gasteiger partial charge in [0.05, 0.1) is 0 Å².